The van der Waals surface area contributed by atoms with E-state index in [1.54, 1.807) is 0 Å². The van der Waals surface area contributed by atoms with Crippen molar-refractivity contribution in [3.8, 4) is 5.75 Å². The van der Waals surface area contributed by atoms with Crippen molar-refractivity contribution in [1.82, 2.24) is 0 Å². The molecule has 0 amide bonds. The molecule has 1 saturated carbocycles. The van der Waals surface area contributed by atoms with Gasteiger partial charge in [0.05, 0.1) is 19.3 Å². The molecule has 3 heteroatoms. The predicted octanol–water partition coefficient (Wildman–Crippen LogP) is 7.16. The maximum atomic E-state index is 6.40. The second kappa shape index (κ2) is 8.44. The highest BCUT2D eigenvalue weighted by Crippen LogP contribution is 2.39. The fourth-order valence-electron chi connectivity index (χ4n) is 5.25. The van der Waals surface area contributed by atoms with Crippen LogP contribution >= 0.6 is 0 Å². The fourth-order valence-corrected chi connectivity index (χ4v) is 5.25. The smallest absolute Gasteiger partial charge is 0.120 e. The Labute approximate surface area is 192 Å². The van der Waals surface area contributed by atoms with E-state index in [9.17, 15) is 0 Å². The third-order valence-corrected chi connectivity index (χ3v) is 7.42. The molecule has 0 radical (unpaired) electrons. The number of nitrogens with one attached hydrogen (secondary N) is 1. The summed E-state index contributed by atoms with van der Waals surface area (Å²) in [6.45, 7) is 8.47. The van der Waals surface area contributed by atoms with Crippen LogP contribution < -0.4 is 10.1 Å². The SMILES string of the molecule is CC(C)(C)C1CCC(Oc2ccc3cc(C4(Nc5ccccc5)COC4)ccc3c2)CC1. The molecule has 0 spiro atoms. The maximum Gasteiger partial charge on any atom is 0.120 e. The van der Waals surface area contributed by atoms with E-state index in [4.69, 9.17) is 9.47 Å². The number of rotatable bonds is 5. The minimum Gasteiger partial charge on any atom is -0.490 e. The molecule has 0 unspecified atom stereocenters. The number of anilines is 1. The molecule has 1 aliphatic carbocycles. The zero-order valence-corrected chi connectivity index (χ0v) is 19.6. The summed E-state index contributed by atoms with van der Waals surface area (Å²) in [5, 5.41) is 6.17. The highest BCUT2D eigenvalue weighted by atomic mass is 16.5. The summed E-state index contributed by atoms with van der Waals surface area (Å²) in [7, 11) is 0. The summed E-state index contributed by atoms with van der Waals surface area (Å²) in [5.74, 6) is 1.80. The zero-order chi connectivity index (χ0) is 22.2. The fraction of sp³-hybridized carbons (Fsp3) is 0.448. The first-order chi connectivity index (χ1) is 15.4. The lowest BCUT2D eigenvalue weighted by Gasteiger charge is -2.43. The Bertz CT molecular complexity index is 1060. The van der Waals surface area contributed by atoms with Crippen LogP contribution in [0.4, 0.5) is 5.69 Å². The molecule has 32 heavy (non-hydrogen) atoms. The molecule has 3 aromatic rings. The summed E-state index contributed by atoms with van der Waals surface area (Å²) >= 11 is 0. The van der Waals surface area contributed by atoms with Crippen LogP contribution in [0.2, 0.25) is 0 Å². The molecule has 5 rings (SSSR count). The molecule has 1 saturated heterocycles. The first-order valence-electron chi connectivity index (χ1n) is 12.0. The molecule has 0 atom stereocenters. The van der Waals surface area contributed by atoms with Gasteiger partial charge in [0.25, 0.3) is 0 Å². The van der Waals surface area contributed by atoms with Crippen molar-refractivity contribution in [3.63, 3.8) is 0 Å². The molecule has 1 N–H and O–H groups in total. The van der Waals surface area contributed by atoms with E-state index in [-0.39, 0.29) is 5.54 Å². The van der Waals surface area contributed by atoms with Gasteiger partial charge in [-0.15, -0.1) is 0 Å². The van der Waals surface area contributed by atoms with Crippen LogP contribution in [0.25, 0.3) is 10.8 Å². The topological polar surface area (TPSA) is 30.5 Å². The molecular formula is C29H35NO2. The Kier molecular flexibility index (Phi) is 5.63. The highest BCUT2D eigenvalue weighted by Gasteiger charge is 2.40. The summed E-state index contributed by atoms with van der Waals surface area (Å²) < 4.78 is 12.0. The zero-order valence-electron chi connectivity index (χ0n) is 19.6. The van der Waals surface area contributed by atoms with Crippen LogP contribution in [-0.2, 0) is 10.3 Å². The van der Waals surface area contributed by atoms with E-state index in [2.05, 4.69) is 86.8 Å². The van der Waals surface area contributed by atoms with Gasteiger partial charge in [-0.2, -0.15) is 0 Å². The van der Waals surface area contributed by atoms with Gasteiger partial charge in [0.2, 0.25) is 0 Å². The van der Waals surface area contributed by atoms with Crippen LogP contribution in [-0.4, -0.2) is 19.3 Å². The Hall–Kier alpha value is -2.52. The van der Waals surface area contributed by atoms with Crippen molar-refractivity contribution in [2.45, 2.75) is 58.1 Å². The molecule has 0 aromatic heterocycles. The van der Waals surface area contributed by atoms with E-state index in [0.29, 0.717) is 24.7 Å². The second-order valence-corrected chi connectivity index (χ2v) is 10.7. The van der Waals surface area contributed by atoms with Gasteiger partial charge in [0.15, 0.2) is 0 Å². The molecule has 1 aliphatic heterocycles. The van der Waals surface area contributed by atoms with Gasteiger partial charge in [0, 0.05) is 5.69 Å². The lowest BCUT2D eigenvalue weighted by atomic mass is 9.72. The Morgan fingerprint density at radius 2 is 1.53 bits per heavy atom. The van der Waals surface area contributed by atoms with E-state index in [1.165, 1.54) is 29.2 Å². The van der Waals surface area contributed by atoms with Crippen LogP contribution in [0.5, 0.6) is 5.75 Å². The number of ether oxygens (including phenoxy) is 2. The van der Waals surface area contributed by atoms with Crippen molar-refractivity contribution in [2.24, 2.45) is 11.3 Å². The quantitative estimate of drug-likeness (QED) is 0.467. The van der Waals surface area contributed by atoms with E-state index < -0.39 is 0 Å². The van der Waals surface area contributed by atoms with Crippen LogP contribution in [0.3, 0.4) is 0 Å². The van der Waals surface area contributed by atoms with Crippen molar-refractivity contribution >= 4 is 16.5 Å². The first-order valence-corrected chi connectivity index (χ1v) is 12.0. The van der Waals surface area contributed by atoms with Gasteiger partial charge >= 0.3 is 0 Å². The number of hydrogen-bond donors (Lipinski definition) is 1. The summed E-state index contributed by atoms with van der Waals surface area (Å²) in [6, 6.07) is 23.7. The van der Waals surface area contributed by atoms with Crippen LogP contribution in [0.1, 0.15) is 52.0 Å². The van der Waals surface area contributed by atoms with Gasteiger partial charge in [0.1, 0.15) is 11.3 Å². The average molecular weight is 430 g/mol. The normalized spacial score (nSPS) is 22.8. The molecule has 3 aromatic carbocycles. The molecule has 1 heterocycles. The van der Waals surface area contributed by atoms with Crippen LogP contribution in [0, 0.1) is 11.3 Å². The van der Waals surface area contributed by atoms with Crippen molar-refractivity contribution in [1.29, 1.82) is 0 Å². The monoisotopic (exact) mass is 429 g/mol. The van der Waals surface area contributed by atoms with E-state index in [1.807, 2.05) is 6.07 Å². The number of para-hydroxylation sites is 1. The van der Waals surface area contributed by atoms with Gasteiger partial charge in [-0.05, 0) is 83.7 Å². The largest absolute Gasteiger partial charge is 0.490 e. The van der Waals surface area contributed by atoms with Gasteiger partial charge in [-0.3, -0.25) is 0 Å². The van der Waals surface area contributed by atoms with Crippen molar-refractivity contribution in [2.75, 3.05) is 18.5 Å². The minimum absolute atomic E-state index is 0.156. The van der Waals surface area contributed by atoms with E-state index in [0.717, 1.165) is 30.2 Å². The Morgan fingerprint density at radius 3 is 2.19 bits per heavy atom. The summed E-state index contributed by atoms with van der Waals surface area (Å²) in [6.07, 6.45) is 5.20. The lowest BCUT2D eigenvalue weighted by Crippen LogP contribution is -2.52. The average Bonchev–Trinajstić information content (AvgIpc) is 2.76. The third-order valence-electron chi connectivity index (χ3n) is 7.42. The molecule has 168 valence electrons. The molecule has 0 bridgehead atoms. The first kappa shape index (κ1) is 21.3. The molecule has 3 nitrogen and oxygen atoms in total. The number of benzene rings is 3. The summed E-state index contributed by atoms with van der Waals surface area (Å²) in [4.78, 5) is 0. The molecule has 2 aliphatic rings. The summed E-state index contributed by atoms with van der Waals surface area (Å²) in [5.41, 5.74) is 2.65. The Morgan fingerprint density at radius 1 is 0.844 bits per heavy atom. The lowest BCUT2D eigenvalue weighted by molar-refractivity contribution is -0.0446. The number of fused-ring (bicyclic) bond motifs is 1. The predicted molar refractivity (Wildman–Crippen MR) is 132 cm³/mol. The molecular weight excluding hydrogens is 394 g/mol. The van der Waals surface area contributed by atoms with Crippen LogP contribution in [0.15, 0.2) is 66.7 Å². The van der Waals surface area contributed by atoms with Crippen molar-refractivity contribution in [3.05, 3.63) is 72.3 Å². The van der Waals surface area contributed by atoms with Gasteiger partial charge in [-0.1, -0.05) is 57.2 Å². The third kappa shape index (κ3) is 4.36. The number of hydrogen-bond acceptors (Lipinski definition) is 3. The second-order valence-electron chi connectivity index (χ2n) is 10.7. The molecule has 2 fully saturated rings. The minimum atomic E-state index is -0.156. The standard InChI is InChI=1S/C29H35NO2/c1-28(2,3)23-12-15-26(16-13-23)32-27-14-10-21-17-24(11-9-22(21)18-27)29(19-31-20-29)30-25-7-5-4-6-8-25/h4-11,14,17-18,23,26,30H,12-13,15-16,19-20H2,1-3H3. The highest BCUT2D eigenvalue weighted by molar-refractivity contribution is 5.85. The Balaban J connectivity index is 1.30. The maximum absolute atomic E-state index is 6.40. The van der Waals surface area contributed by atoms with Gasteiger partial charge < -0.3 is 14.8 Å². The van der Waals surface area contributed by atoms with Gasteiger partial charge in [-0.25, -0.2) is 0 Å². The van der Waals surface area contributed by atoms with E-state index >= 15 is 0 Å². The van der Waals surface area contributed by atoms with Crippen molar-refractivity contribution < 1.29 is 9.47 Å².